The van der Waals surface area contributed by atoms with Crippen LogP contribution in [0.5, 0.6) is 0 Å². The molecule has 5 nitrogen and oxygen atoms in total. The molecule has 2 N–H and O–H groups in total. The Kier molecular flexibility index (Phi) is 2.75. The van der Waals surface area contributed by atoms with Crippen molar-refractivity contribution in [3.05, 3.63) is 42.2 Å². The Bertz CT molecular complexity index is 790. The first-order valence-electron chi connectivity index (χ1n) is 7.24. The summed E-state index contributed by atoms with van der Waals surface area (Å²) in [6.07, 6.45) is 4.07. The monoisotopic (exact) mass is 280 g/mol. The van der Waals surface area contributed by atoms with Gasteiger partial charge in [-0.3, -0.25) is 0 Å². The summed E-state index contributed by atoms with van der Waals surface area (Å²) in [6.45, 7) is 0. The Morgan fingerprint density at radius 2 is 1.81 bits per heavy atom. The molecular weight excluding hydrogens is 264 g/mol. The molecule has 1 saturated carbocycles. The molecule has 2 heterocycles. The quantitative estimate of drug-likeness (QED) is 0.780. The topological polar surface area (TPSA) is 77.8 Å². The van der Waals surface area contributed by atoms with Crippen molar-refractivity contribution >= 4 is 10.9 Å². The average Bonchev–Trinajstić information content (AvgIpc) is 3.17. The van der Waals surface area contributed by atoms with Gasteiger partial charge in [0.05, 0.1) is 11.1 Å². The molecule has 1 aliphatic carbocycles. The summed E-state index contributed by atoms with van der Waals surface area (Å²) >= 11 is 0. The van der Waals surface area contributed by atoms with E-state index in [2.05, 4.69) is 15.1 Å². The summed E-state index contributed by atoms with van der Waals surface area (Å²) in [5, 5.41) is 5.17. The molecule has 0 radical (unpaired) electrons. The van der Waals surface area contributed by atoms with Crippen LogP contribution in [0.15, 0.2) is 40.9 Å². The molecule has 106 valence electrons. The first kappa shape index (κ1) is 12.5. The molecule has 4 rings (SSSR count). The van der Waals surface area contributed by atoms with E-state index in [0.717, 1.165) is 36.6 Å². The smallest absolute Gasteiger partial charge is 0.276 e. The molecule has 1 fully saturated rings. The third-order valence-corrected chi connectivity index (χ3v) is 4.18. The first-order valence-corrected chi connectivity index (χ1v) is 7.24. The molecule has 5 heteroatoms. The molecule has 21 heavy (non-hydrogen) atoms. The predicted molar refractivity (Wildman–Crippen MR) is 79.4 cm³/mol. The van der Waals surface area contributed by atoms with Gasteiger partial charge in [0.15, 0.2) is 5.82 Å². The maximum Gasteiger partial charge on any atom is 0.276 e. The Labute approximate surface area is 122 Å². The molecule has 0 bridgehead atoms. The third kappa shape index (κ3) is 2.10. The maximum atomic E-state index is 6.36. The summed E-state index contributed by atoms with van der Waals surface area (Å²) < 4.78 is 5.37. The van der Waals surface area contributed by atoms with Crippen molar-refractivity contribution in [3.63, 3.8) is 0 Å². The highest BCUT2D eigenvalue weighted by Gasteiger charge is 2.36. The normalized spacial score (nSPS) is 17.4. The minimum atomic E-state index is -0.432. The molecule has 0 unspecified atom stereocenters. The van der Waals surface area contributed by atoms with E-state index in [1.54, 1.807) is 0 Å². The van der Waals surface area contributed by atoms with E-state index in [1.165, 1.54) is 0 Å². The molecule has 1 aliphatic rings. The largest absolute Gasteiger partial charge is 0.332 e. The number of hydrogen-bond donors (Lipinski definition) is 1. The molecule has 3 aromatic rings. The molecular formula is C16H16N4O. The number of nitrogens with zero attached hydrogens (tertiary/aromatic N) is 3. The van der Waals surface area contributed by atoms with Gasteiger partial charge < -0.3 is 10.3 Å². The molecule has 0 atom stereocenters. The Morgan fingerprint density at radius 3 is 2.67 bits per heavy atom. The van der Waals surface area contributed by atoms with Gasteiger partial charge in [0.25, 0.3) is 5.89 Å². The molecule has 1 aromatic carbocycles. The Morgan fingerprint density at radius 1 is 1.00 bits per heavy atom. The van der Waals surface area contributed by atoms with Crippen LogP contribution in [0.1, 0.15) is 31.5 Å². The van der Waals surface area contributed by atoms with Crippen molar-refractivity contribution in [3.8, 4) is 11.6 Å². The lowest BCUT2D eigenvalue weighted by atomic mass is 9.99. The third-order valence-electron chi connectivity index (χ3n) is 4.18. The van der Waals surface area contributed by atoms with Gasteiger partial charge in [0, 0.05) is 5.39 Å². The second-order valence-electron chi connectivity index (χ2n) is 5.68. The summed E-state index contributed by atoms with van der Waals surface area (Å²) in [6, 6.07) is 11.9. The van der Waals surface area contributed by atoms with E-state index < -0.39 is 5.54 Å². The zero-order chi connectivity index (χ0) is 14.3. The van der Waals surface area contributed by atoms with Gasteiger partial charge in [-0.1, -0.05) is 42.3 Å². The lowest BCUT2D eigenvalue weighted by molar-refractivity contribution is 0.372. The maximum absolute atomic E-state index is 6.36. The van der Waals surface area contributed by atoms with Crippen LogP contribution < -0.4 is 5.73 Å². The van der Waals surface area contributed by atoms with Crippen LogP contribution in [0.25, 0.3) is 22.5 Å². The van der Waals surface area contributed by atoms with Crippen molar-refractivity contribution in [2.24, 2.45) is 5.73 Å². The van der Waals surface area contributed by atoms with E-state index in [4.69, 9.17) is 10.3 Å². The van der Waals surface area contributed by atoms with Gasteiger partial charge in [0.1, 0.15) is 5.69 Å². The van der Waals surface area contributed by atoms with Crippen molar-refractivity contribution in [2.45, 2.75) is 31.2 Å². The van der Waals surface area contributed by atoms with Gasteiger partial charge in [-0.05, 0) is 25.0 Å². The van der Waals surface area contributed by atoms with Gasteiger partial charge in [-0.25, -0.2) is 4.98 Å². The predicted octanol–water partition coefficient (Wildman–Crippen LogP) is 3.01. The summed E-state index contributed by atoms with van der Waals surface area (Å²) in [5.41, 5.74) is 7.53. The number of fused-ring (bicyclic) bond motifs is 1. The van der Waals surface area contributed by atoms with Crippen LogP contribution >= 0.6 is 0 Å². The summed E-state index contributed by atoms with van der Waals surface area (Å²) in [7, 11) is 0. The van der Waals surface area contributed by atoms with Crippen LogP contribution in [0.2, 0.25) is 0 Å². The second kappa shape index (κ2) is 4.63. The number of rotatable bonds is 2. The van der Waals surface area contributed by atoms with E-state index in [-0.39, 0.29) is 0 Å². The van der Waals surface area contributed by atoms with Crippen molar-refractivity contribution in [1.82, 2.24) is 15.1 Å². The minimum Gasteiger partial charge on any atom is -0.332 e. The molecule has 2 aromatic heterocycles. The minimum absolute atomic E-state index is 0.432. The van der Waals surface area contributed by atoms with E-state index in [9.17, 15) is 0 Å². The Balaban J connectivity index is 1.73. The van der Waals surface area contributed by atoms with E-state index in [0.29, 0.717) is 17.4 Å². The molecule has 0 amide bonds. The zero-order valence-corrected chi connectivity index (χ0v) is 11.6. The van der Waals surface area contributed by atoms with E-state index in [1.807, 2.05) is 36.4 Å². The number of para-hydroxylation sites is 1. The van der Waals surface area contributed by atoms with Crippen LogP contribution in [-0.2, 0) is 5.54 Å². The Hall–Kier alpha value is -2.27. The first-order chi connectivity index (χ1) is 10.2. The zero-order valence-electron chi connectivity index (χ0n) is 11.6. The lowest BCUT2D eigenvalue weighted by Crippen LogP contribution is -2.34. The highest BCUT2D eigenvalue weighted by atomic mass is 16.5. The highest BCUT2D eigenvalue weighted by molar-refractivity contribution is 5.80. The van der Waals surface area contributed by atoms with Crippen molar-refractivity contribution in [2.75, 3.05) is 0 Å². The van der Waals surface area contributed by atoms with Gasteiger partial charge in [-0.2, -0.15) is 4.98 Å². The highest BCUT2D eigenvalue weighted by Crippen LogP contribution is 2.35. The number of nitrogens with two attached hydrogens (primary N) is 1. The fraction of sp³-hybridized carbons (Fsp3) is 0.312. The SMILES string of the molecule is NC1(c2noc(-c3ccc4ccccc4n3)n2)CCCC1. The van der Waals surface area contributed by atoms with Crippen LogP contribution in [0.3, 0.4) is 0 Å². The average molecular weight is 280 g/mol. The van der Waals surface area contributed by atoms with Crippen molar-refractivity contribution < 1.29 is 4.52 Å². The number of benzene rings is 1. The summed E-state index contributed by atoms with van der Waals surface area (Å²) in [4.78, 5) is 9.05. The van der Waals surface area contributed by atoms with Crippen LogP contribution in [0, 0.1) is 0 Å². The van der Waals surface area contributed by atoms with Crippen molar-refractivity contribution in [1.29, 1.82) is 0 Å². The fourth-order valence-corrected chi connectivity index (χ4v) is 2.94. The van der Waals surface area contributed by atoms with E-state index >= 15 is 0 Å². The molecule has 0 aliphatic heterocycles. The lowest BCUT2D eigenvalue weighted by Gasteiger charge is -2.17. The number of hydrogen-bond acceptors (Lipinski definition) is 5. The molecule has 0 saturated heterocycles. The number of aromatic nitrogens is 3. The fourth-order valence-electron chi connectivity index (χ4n) is 2.94. The summed E-state index contributed by atoms with van der Waals surface area (Å²) in [5.74, 6) is 1.04. The van der Waals surface area contributed by atoms with Crippen LogP contribution in [-0.4, -0.2) is 15.1 Å². The van der Waals surface area contributed by atoms with Gasteiger partial charge in [-0.15, -0.1) is 0 Å². The standard InChI is InChI=1S/C16H16N4O/c17-16(9-3-4-10-16)15-19-14(21-20-15)13-8-7-11-5-1-2-6-12(11)18-13/h1-2,5-8H,3-4,9-10,17H2. The number of pyridine rings is 1. The molecule has 0 spiro atoms. The van der Waals surface area contributed by atoms with Gasteiger partial charge in [0.2, 0.25) is 0 Å². The second-order valence-corrected chi connectivity index (χ2v) is 5.68. The van der Waals surface area contributed by atoms with Gasteiger partial charge >= 0.3 is 0 Å². The van der Waals surface area contributed by atoms with Crippen LogP contribution in [0.4, 0.5) is 0 Å².